The third kappa shape index (κ3) is 5.42. The second kappa shape index (κ2) is 8.05. The van der Waals surface area contributed by atoms with Crippen LogP contribution in [0.5, 0.6) is 5.75 Å². The number of halogens is 2. The van der Waals surface area contributed by atoms with Crippen molar-refractivity contribution >= 4 is 23.2 Å². The van der Waals surface area contributed by atoms with Gasteiger partial charge in [0.2, 0.25) is 0 Å². The van der Waals surface area contributed by atoms with Gasteiger partial charge in [0.25, 0.3) is 0 Å². The lowest BCUT2D eigenvalue weighted by molar-refractivity contribution is 0.298. The summed E-state index contributed by atoms with van der Waals surface area (Å²) >= 11 is 12.0. The van der Waals surface area contributed by atoms with Crippen LogP contribution in [0.2, 0.25) is 10.0 Å². The van der Waals surface area contributed by atoms with Crippen LogP contribution in [0, 0.1) is 0 Å². The number of para-hydroxylation sites is 1. The minimum atomic E-state index is 0.108. The summed E-state index contributed by atoms with van der Waals surface area (Å²) in [4.78, 5) is 0. The van der Waals surface area contributed by atoms with Gasteiger partial charge in [-0.05, 0) is 44.0 Å². The van der Waals surface area contributed by atoms with Crippen molar-refractivity contribution in [1.82, 2.24) is 5.32 Å². The fourth-order valence-electron chi connectivity index (χ4n) is 2.04. The highest BCUT2D eigenvalue weighted by molar-refractivity contribution is 6.42. The Labute approximate surface area is 148 Å². The Bertz CT molecular complexity index is 656. The minimum Gasteiger partial charge on any atom is -0.489 e. The molecule has 0 heterocycles. The summed E-state index contributed by atoms with van der Waals surface area (Å²) in [5.41, 5.74) is 2.25. The molecule has 0 fully saturated rings. The van der Waals surface area contributed by atoms with E-state index in [1.54, 1.807) is 6.07 Å². The molecule has 0 aliphatic rings. The summed E-state index contributed by atoms with van der Waals surface area (Å²) in [6.07, 6.45) is 1.07. The number of benzene rings is 2. The van der Waals surface area contributed by atoms with Crippen LogP contribution in [0.15, 0.2) is 42.5 Å². The van der Waals surface area contributed by atoms with Gasteiger partial charge >= 0.3 is 0 Å². The topological polar surface area (TPSA) is 21.3 Å². The third-order valence-electron chi connectivity index (χ3n) is 3.99. The molecule has 0 amide bonds. The van der Waals surface area contributed by atoms with Crippen LogP contribution in [0.25, 0.3) is 0 Å². The van der Waals surface area contributed by atoms with Crippen molar-refractivity contribution < 1.29 is 4.74 Å². The molecule has 0 aliphatic heterocycles. The smallest absolute Gasteiger partial charge is 0.124 e. The molecule has 0 unspecified atom stereocenters. The van der Waals surface area contributed by atoms with Crippen molar-refractivity contribution in [2.75, 3.05) is 0 Å². The molecule has 2 rings (SSSR count). The molecule has 2 nitrogen and oxygen atoms in total. The lowest BCUT2D eigenvalue weighted by atomic mass is 10.0. The van der Waals surface area contributed by atoms with Crippen molar-refractivity contribution in [2.45, 2.75) is 45.9 Å². The zero-order valence-corrected chi connectivity index (χ0v) is 15.3. The molecular formula is C19H23Cl2NO. The zero-order valence-electron chi connectivity index (χ0n) is 13.8. The van der Waals surface area contributed by atoms with Crippen molar-refractivity contribution in [3.05, 3.63) is 63.6 Å². The maximum absolute atomic E-state index is 6.05. The quantitative estimate of drug-likeness (QED) is 0.675. The van der Waals surface area contributed by atoms with Gasteiger partial charge in [-0.2, -0.15) is 0 Å². The number of rotatable bonds is 7. The highest BCUT2D eigenvalue weighted by Crippen LogP contribution is 2.25. The molecule has 23 heavy (non-hydrogen) atoms. The molecule has 124 valence electrons. The molecule has 0 aliphatic carbocycles. The van der Waals surface area contributed by atoms with Crippen molar-refractivity contribution in [3.8, 4) is 5.75 Å². The largest absolute Gasteiger partial charge is 0.489 e. The monoisotopic (exact) mass is 351 g/mol. The normalized spacial score (nSPS) is 11.5. The van der Waals surface area contributed by atoms with E-state index in [1.165, 1.54) is 0 Å². The molecule has 0 atom stereocenters. The Kier molecular flexibility index (Phi) is 6.34. The Morgan fingerprint density at radius 3 is 2.48 bits per heavy atom. The molecule has 4 heteroatoms. The highest BCUT2D eigenvalue weighted by Gasteiger charge is 2.14. The van der Waals surface area contributed by atoms with Crippen molar-refractivity contribution in [2.24, 2.45) is 0 Å². The predicted molar refractivity (Wildman–Crippen MR) is 98.4 cm³/mol. The number of hydrogen-bond donors (Lipinski definition) is 1. The van der Waals surface area contributed by atoms with Crippen LogP contribution >= 0.6 is 23.2 Å². The van der Waals surface area contributed by atoms with Crippen LogP contribution in [-0.2, 0) is 13.2 Å². The second-order valence-electron chi connectivity index (χ2n) is 6.24. The molecular weight excluding hydrogens is 329 g/mol. The van der Waals surface area contributed by atoms with Gasteiger partial charge in [0.15, 0.2) is 0 Å². The van der Waals surface area contributed by atoms with E-state index in [0.29, 0.717) is 16.7 Å². The zero-order chi connectivity index (χ0) is 16.9. The first-order chi connectivity index (χ1) is 10.9. The van der Waals surface area contributed by atoms with E-state index in [2.05, 4.69) is 32.2 Å². The van der Waals surface area contributed by atoms with E-state index in [9.17, 15) is 0 Å². The summed E-state index contributed by atoms with van der Waals surface area (Å²) in [6, 6.07) is 13.6. The number of nitrogens with one attached hydrogen (secondary N) is 1. The number of ether oxygens (including phenoxy) is 1. The third-order valence-corrected chi connectivity index (χ3v) is 4.73. The maximum atomic E-state index is 6.05. The van der Waals surface area contributed by atoms with Crippen molar-refractivity contribution in [1.29, 1.82) is 0 Å². The van der Waals surface area contributed by atoms with E-state index in [4.69, 9.17) is 27.9 Å². The SMILES string of the molecule is CCC(C)(C)NCc1ccccc1OCc1ccc(Cl)c(Cl)c1. The van der Waals surface area contributed by atoms with Gasteiger partial charge in [0.05, 0.1) is 10.0 Å². The maximum Gasteiger partial charge on any atom is 0.124 e. The predicted octanol–water partition coefficient (Wildman–Crippen LogP) is 5.85. The van der Waals surface area contributed by atoms with Crippen LogP contribution < -0.4 is 10.1 Å². The van der Waals surface area contributed by atoms with E-state index in [-0.39, 0.29) is 5.54 Å². The lowest BCUT2D eigenvalue weighted by Gasteiger charge is -2.25. The van der Waals surface area contributed by atoms with Crippen LogP contribution in [0.1, 0.15) is 38.3 Å². The Morgan fingerprint density at radius 1 is 1.04 bits per heavy atom. The van der Waals surface area contributed by atoms with Crippen LogP contribution in [0.3, 0.4) is 0 Å². The molecule has 0 aromatic heterocycles. The molecule has 1 N–H and O–H groups in total. The van der Waals surface area contributed by atoms with Gasteiger partial charge in [0.1, 0.15) is 12.4 Å². The highest BCUT2D eigenvalue weighted by atomic mass is 35.5. The standard InChI is InChI=1S/C19H23Cl2NO/c1-4-19(2,3)22-12-15-7-5-6-8-18(15)23-13-14-9-10-16(20)17(21)11-14/h5-11,22H,4,12-13H2,1-3H3. The average molecular weight is 352 g/mol. The molecule has 0 bridgehead atoms. The summed E-state index contributed by atoms with van der Waals surface area (Å²) in [7, 11) is 0. The van der Waals surface area contributed by atoms with Gasteiger partial charge < -0.3 is 10.1 Å². The Hall–Kier alpha value is -1.22. The molecule has 2 aromatic rings. The van der Waals surface area contributed by atoms with E-state index in [1.807, 2.05) is 30.3 Å². The summed E-state index contributed by atoms with van der Waals surface area (Å²) < 4.78 is 5.98. The van der Waals surface area contributed by atoms with Crippen molar-refractivity contribution in [3.63, 3.8) is 0 Å². The first kappa shape index (κ1) is 18.1. The van der Waals surface area contributed by atoms with Gasteiger partial charge in [-0.1, -0.05) is 54.4 Å². The minimum absolute atomic E-state index is 0.108. The van der Waals surface area contributed by atoms with E-state index < -0.39 is 0 Å². The van der Waals surface area contributed by atoms with Gasteiger partial charge in [-0.15, -0.1) is 0 Å². The molecule has 2 aromatic carbocycles. The fourth-order valence-corrected chi connectivity index (χ4v) is 2.36. The van der Waals surface area contributed by atoms with Crippen LogP contribution in [-0.4, -0.2) is 5.54 Å². The fraction of sp³-hybridized carbons (Fsp3) is 0.368. The number of hydrogen-bond acceptors (Lipinski definition) is 2. The van der Waals surface area contributed by atoms with Crippen LogP contribution in [0.4, 0.5) is 0 Å². The van der Waals surface area contributed by atoms with E-state index >= 15 is 0 Å². The summed E-state index contributed by atoms with van der Waals surface area (Å²) in [5.74, 6) is 0.887. The Balaban J connectivity index is 2.03. The van der Waals surface area contributed by atoms with Gasteiger partial charge in [0, 0.05) is 17.6 Å². The molecule has 0 saturated heterocycles. The first-order valence-corrected chi connectivity index (χ1v) is 8.56. The first-order valence-electron chi connectivity index (χ1n) is 7.81. The second-order valence-corrected chi connectivity index (χ2v) is 7.05. The molecule has 0 radical (unpaired) electrons. The lowest BCUT2D eigenvalue weighted by Crippen LogP contribution is -2.37. The molecule has 0 saturated carbocycles. The average Bonchev–Trinajstić information content (AvgIpc) is 2.55. The molecule has 0 spiro atoms. The summed E-state index contributed by atoms with van der Waals surface area (Å²) in [5, 5.41) is 4.67. The Morgan fingerprint density at radius 2 is 1.78 bits per heavy atom. The van der Waals surface area contributed by atoms with Gasteiger partial charge in [-0.25, -0.2) is 0 Å². The summed E-state index contributed by atoms with van der Waals surface area (Å²) in [6.45, 7) is 7.82. The van der Waals surface area contributed by atoms with E-state index in [0.717, 1.165) is 29.8 Å². The van der Waals surface area contributed by atoms with Gasteiger partial charge in [-0.3, -0.25) is 0 Å².